The summed E-state index contributed by atoms with van der Waals surface area (Å²) in [7, 11) is 2.56. The van der Waals surface area contributed by atoms with Crippen LogP contribution in [0.25, 0.3) is 11.8 Å². The molecule has 1 aliphatic heterocycles. The van der Waals surface area contributed by atoms with E-state index in [4.69, 9.17) is 9.15 Å². The Labute approximate surface area is 200 Å². The maximum atomic E-state index is 12.9. The molecule has 3 heterocycles. The van der Waals surface area contributed by atoms with Gasteiger partial charge in [0, 0.05) is 17.1 Å². The Morgan fingerprint density at radius 3 is 2.34 bits per heavy atom. The Hall–Kier alpha value is -4.60. The largest absolute Gasteiger partial charge is 0.465 e. The van der Waals surface area contributed by atoms with Crippen LogP contribution in [0.5, 0.6) is 0 Å². The number of imide groups is 1. The predicted octanol–water partition coefficient (Wildman–Crippen LogP) is 3.35. The van der Waals surface area contributed by atoms with Crippen molar-refractivity contribution in [1.29, 1.82) is 0 Å². The fourth-order valence-electron chi connectivity index (χ4n) is 3.90. The highest BCUT2D eigenvalue weighted by molar-refractivity contribution is 6.14. The molecule has 1 fully saturated rings. The Kier molecular flexibility index (Phi) is 6.28. The highest BCUT2D eigenvalue weighted by Crippen LogP contribution is 2.25. The van der Waals surface area contributed by atoms with E-state index in [1.165, 1.54) is 26.4 Å². The fourth-order valence-corrected chi connectivity index (χ4v) is 3.90. The van der Waals surface area contributed by atoms with Gasteiger partial charge >= 0.3 is 18.0 Å². The molecule has 1 N–H and O–H groups in total. The van der Waals surface area contributed by atoms with Crippen molar-refractivity contribution in [2.45, 2.75) is 20.4 Å². The third kappa shape index (κ3) is 4.45. The van der Waals surface area contributed by atoms with Crippen molar-refractivity contribution in [2.75, 3.05) is 14.2 Å². The average Bonchev–Trinajstić information content (AvgIpc) is 3.51. The third-order valence-electron chi connectivity index (χ3n) is 5.64. The predicted molar refractivity (Wildman–Crippen MR) is 124 cm³/mol. The van der Waals surface area contributed by atoms with Crippen molar-refractivity contribution in [1.82, 2.24) is 14.8 Å². The van der Waals surface area contributed by atoms with Gasteiger partial charge in [-0.15, -0.1) is 0 Å². The molecule has 10 nitrogen and oxygen atoms in total. The summed E-state index contributed by atoms with van der Waals surface area (Å²) in [4.78, 5) is 49.6. The van der Waals surface area contributed by atoms with Gasteiger partial charge in [0.15, 0.2) is 0 Å². The van der Waals surface area contributed by atoms with Crippen LogP contribution >= 0.6 is 0 Å². The SMILES string of the molecule is COC(=O)c1ccc(-n2c(C)cc(/C=C3\NC(=O)N(Cc4ccc(C(=O)OC)o4)C3=O)c2C)cc1. The number of carbonyl (C=O) groups is 4. The van der Waals surface area contributed by atoms with Gasteiger partial charge in [-0.2, -0.15) is 0 Å². The standard InChI is InChI=1S/C25H23N3O7/c1-14-11-17(15(2)28(14)18-7-5-16(6-8-18)23(30)33-3)12-20-22(29)27(25(32)26-20)13-19-9-10-21(35-19)24(31)34-4/h5-12H,13H2,1-4H3,(H,26,32)/b20-12-. The molecule has 180 valence electrons. The summed E-state index contributed by atoms with van der Waals surface area (Å²) in [5.41, 5.74) is 3.89. The Balaban J connectivity index is 1.57. The van der Waals surface area contributed by atoms with E-state index < -0.39 is 23.9 Å². The molecule has 0 radical (unpaired) electrons. The number of carbonyl (C=O) groups excluding carboxylic acids is 4. The number of rotatable bonds is 6. The molecule has 0 atom stereocenters. The highest BCUT2D eigenvalue weighted by Gasteiger charge is 2.34. The van der Waals surface area contributed by atoms with Crippen LogP contribution in [-0.4, -0.2) is 47.6 Å². The van der Waals surface area contributed by atoms with Crippen LogP contribution in [0.4, 0.5) is 4.79 Å². The molecule has 0 saturated carbocycles. The van der Waals surface area contributed by atoms with Crippen LogP contribution in [0.3, 0.4) is 0 Å². The zero-order valence-electron chi connectivity index (χ0n) is 19.6. The summed E-state index contributed by atoms with van der Waals surface area (Å²) >= 11 is 0. The molecule has 3 amide bonds. The van der Waals surface area contributed by atoms with Crippen LogP contribution in [0.1, 0.15) is 43.6 Å². The van der Waals surface area contributed by atoms with Crippen molar-refractivity contribution in [3.05, 3.63) is 82.2 Å². The van der Waals surface area contributed by atoms with Crippen LogP contribution in [-0.2, 0) is 20.8 Å². The number of nitrogens with zero attached hydrogens (tertiary/aromatic N) is 2. The van der Waals surface area contributed by atoms with E-state index >= 15 is 0 Å². The van der Waals surface area contributed by atoms with Crippen molar-refractivity contribution >= 4 is 30.0 Å². The van der Waals surface area contributed by atoms with Crippen LogP contribution in [0.2, 0.25) is 0 Å². The second kappa shape index (κ2) is 9.34. The molecule has 0 bridgehead atoms. The number of furan rings is 1. The summed E-state index contributed by atoms with van der Waals surface area (Å²) in [6, 6.07) is 11.2. The van der Waals surface area contributed by atoms with Gasteiger partial charge in [0.2, 0.25) is 5.76 Å². The number of urea groups is 1. The number of hydrogen-bond donors (Lipinski definition) is 1. The first-order valence-electron chi connectivity index (χ1n) is 10.6. The van der Waals surface area contributed by atoms with Gasteiger partial charge in [0.1, 0.15) is 11.5 Å². The molecule has 0 aliphatic carbocycles. The van der Waals surface area contributed by atoms with Crippen molar-refractivity contribution in [3.63, 3.8) is 0 Å². The zero-order valence-corrected chi connectivity index (χ0v) is 19.6. The van der Waals surface area contributed by atoms with Gasteiger partial charge < -0.3 is 23.8 Å². The van der Waals surface area contributed by atoms with Crippen molar-refractivity contribution < 1.29 is 33.1 Å². The number of benzene rings is 1. The molecule has 1 aromatic carbocycles. The minimum atomic E-state index is -0.649. The van der Waals surface area contributed by atoms with Gasteiger partial charge in [0.25, 0.3) is 5.91 Å². The van der Waals surface area contributed by atoms with E-state index in [9.17, 15) is 19.2 Å². The first kappa shape index (κ1) is 23.6. The minimum Gasteiger partial charge on any atom is -0.465 e. The first-order chi connectivity index (χ1) is 16.7. The number of aromatic nitrogens is 1. The minimum absolute atomic E-state index is 0.0163. The molecular formula is C25H23N3O7. The van der Waals surface area contributed by atoms with E-state index in [-0.39, 0.29) is 23.8 Å². The average molecular weight is 477 g/mol. The summed E-state index contributed by atoms with van der Waals surface area (Å²) in [6.07, 6.45) is 1.61. The lowest BCUT2D eigenvalue weighted by Crippen LogP contribution is -2.30. The second-order valence-corrected chi connectivity index (χ2v) is 7.84. The quantitative estimate of drug-likeness (QED) is 0.328. The van der Waals surface area contributed by atoms with E-state index in [0.29, 0.717) is 5.56 Å². The number of ether oxygens (including phenoxy) is 2. The smallest absolute Gasteiger partial charge is 0.373 e. The zero-order chi connectivity index (χ0) is 25.3. The molecule has 0 unspecified atom stereocenters. The Morgan fingerprint density at radius 2 is 1.69 bits per heavy atom. The lowest BCUT2D eigenvalue weighted by atomic mass is 10.2. The lowest BCUT2D eigenvalue weighted by Gasteiger charge is -2.10. The van der Waals surface area contributed by atoms with E-state index in [1.807, 2.05) is 24.5 Å². The van der Waals surface area contributed by atoms with E-state index in [2.05, 4.69) is 10.1 Å². The summed E-state index contributed by atoms with van der Waals surface area (Å²) in [5.74, 6) is -1.33. The lowest BCUT2D eigenvalue weighted by molar-refractivity contribution is -0.123. The van der Waals surface area contributed by atoms with Crippen molar-refractivity contribution in [2.24, 2.45) is 0 Å². The Morgan fingerprint density at radius 1 is 1.00 bits per heavy atom. The molecule has 35 heavy (non-hydrogen) atoms. The molecule has 1 saturated heterocycles. The summed E-state index contributed by atoms with van der Waals surface area (Å²) in [6.45, 7) is 3.68. The normalized spacial score (nSPS) is 14.4. The topological polar surface area (TPSA) is 120 Å². The molecule has 3 aromatic rings. The van der Waals surface area contributed by atoms with Gasteiger partial charge in [-0.3, -0.25) is 9.69 Å². The third-order valence-corrected chi connectivity index (χ3v) is 5.64. The number of hydrogen-bond acceptors (Lipinski definition) is 7. The highest BCUT2D eigenvalue weighted by atomic mass is 16.5. The molecule has 1 aliphatic rings. The van der Waals surface area contributed by atoms with Crippen LogP contribution < -0.4 is 5.32 Å². The summed E-state index contributed by atoms with van der Waals surface area (Å²) in [5, 5.41) is 2.59. The number of nitrogens with one attached hydrogen (secondary N) is 1. The first-order valence-corrected chi connectivity index (χ1v) is 10.6. The monoisotopic (exact) mass is 477 g/mol. The number of aryl methyl sites for hydroxylation is 1. The second-order valence-electron chi connectivity index (χ2n) is 7.84. The molecule has 4 rings (SSSR count). The van der Waals surface area contributed by atoms with Crippen LogP contribution in [0.15, 0.2) is 52.6 Å². The van der Waals surface area contributed by atoms with Crippen LogP contribution in [0, 0.1) is 13.8 Å². The summed E-state index contributed by atoms with van der Waals surface area (Å²) < 4.78 is 16.7. The molecule has 2 aromatic heterocycles. The number of esters is 2. The van der Waals surface area contributed by atoms with Crippen molar-refractivity contribution in [3.8, 4) is 5.69 Å². The maximum Gasteiger partial charge on any atom is 0.373 e. The molecular weight excluding hydrogens is 454 g/mol. The number of amides is 3. The molecule has 0 spiro atoms. The van der Waals surface area contributed by atoms with E-state index in [1.54, 1.807) is 30.3 Å². The van der Waals surface area contributed by atoms with E-state index in [0.717, 1.165) is 27.5 Å². The van der Waals surface area contributed by atoms with Gasteiger partial charge in [0.05, 0.1) is 26.3 Å². The van der Waals surface area contributed by atoms with Gasteiger partial charge in [-0.25, -0.2) is 14.4 Å². The van der Waals surface area contributed by atoms with Gasteiger partial charge in [-0.05, 0) is 68.0 Å². The fraction of sp³-hybridized carbons (Fsp3) is 0.200. The molecule has 10 heteroatoms. The number of methoxy groups -OCH3 is 2. The Bertz CT molecular complexity index is 1360. The maximum absolute atomic E-state index is 12.9. The van der Waals surface area contributed by atoms with Gasteiger partial charge in [-0.1, -0.05) is 0 Å².